The highest BCUT2D eigenvalue weighted by Gasteiger charge is 2.41. The lowest BCUT2D eigenvalue weighted by Crippen LogP contribution is -2.46. The molecule has 238 valence electrons. The number of ketones is 1. The lowest BCUT2D eigenvalue weighted by atomic mass is 9.92. The van der Waals surface area contributed by atoms with Gasteiger partial charge >= 0.3 is 11.9 Å². The minimum atomic E-state index is -1.39. The van der Waals surface area contributed by atoms with E-state index >= 15 is 0 Å². The summed E-state index contributed by atoms with van der Waals surface area (Å²) in [4.78, 5) is 64.9. The molecule has 2 aromatic carbocycles. The zero-order valence-electron chi connectivity index (χ0n) is 25.6. The van der Waals surface area contributed by atoms with Gasteiger partial charge in [-0.2, -0.15) is 0 Å². The Hall–Kier alpha value is -3.61. The molecule has 0 N–H and O–H groups in total. The number of carbonyl (C=O) groups is 5. The van der Waals surface area contributed by atoms with Gasteiger partial charge < -0.3 is 28.6 Å². The summed E-state index contributed by atoms with van der Waals surface area (Å²) in [7, 11) is 4.08. The maximum absolute atomic E-state index is 14.3. The summed E-state index contributed by atoms with van der Waals surface area (Å²) in [5.74, 6) is -1.70. The van der Waals surface area contributed by atoms with Crippen LogP contribution >= 0.6 is 23.4 Å². The summed E-state index contributed by atoms with van der Waals surface area (Å²) in [5.41, 5.74) is 0.758. The number of halogens is 1. The van der Waals surface area contributed by atoms with E-state index in [1.165, 1.54) is 33.0 Å². The number of thioether (sulfide) groups is 1. The van der Waals surface area contributed by atoms with Gasteiger partial charge in [-0.15, -0.1) is 0 Å². The molecule has 3 rings (SSSR count). The number of rotatable bonds is 12. The third-order valence-corrected chi connectivity index (χ3v) is 8.18. The molecule has 44 heavy (non-hydrogen) atoms. The van der Waals surface area contributed by atoms with E-state index in [9.17, 15) is 24.0 Å². The third kappa shape index (κ3) is 8.30. The first-order chi connectivity index (χ1) is 20.7. The van der Waals surface area contributed by atoms with Gasteiger partial charge in [0, 0.05) is 40.7 Å². The second-order valence-electron chi connectivity index (χ2n) is 10.9. The minimum absolute atomic E-state index is 0.0158. The van der Waals surface area contributed by atoms with Crippen LogP contribution in [-0.2, 0) is 38.2 Å². The van der Waals surface area contributed by atoms with Crippen molar-refractivity contribution in [2.75, 3.05) is 39.4 Å². The topological polar surface area (TPSA) is 135 Å². The quantitative estimate of drug-likeness (QED) is 0.237. The number of nitrogens with zero attached hydrogens (tertiary/aromatic N) is 1. The number of benzene rings is 2. The Morgan fingerprint density at radius 1 is 1.05 bits per heavy atom. The van der Waals surface area contributed by atoms with Crippen LogP contribution in [0.25, 0.3) is 0 Å². The molecule has 2 aromatic rings. The number of carbonyl (C=O) groups excluding carboxylic acids is 5. The molecule has 1 aliphatic rings. The monoisotopic (exact) mass is 649 g/mol. The van der Waals surface area contributed by atoms with Gasteiger partial charge in [0.1, 0.15) is 12.2 Å². The number of anilines is 1. The van der Waals surface area contributed by atoms with Gasteiger partial charge in [-0.25, -0.2) is 0 Å². The van der Waals surface area contributed by atoms with Gasteiger partial charge in [0.25, 0.3) is 5.91 Å². The fraction of sp³-hybridized carbons (Fsp3) is 0.452. The molecule has 0 radical (unpaired) electrons. The van der Waals surface area contributed by atoms with Crippen LogP contribution in [0.3, 0.4) is 0 Å². The van der Waals surface area contributed by atoms with Gasteiger partial charge in [0.05, 0.1) is 34.4 Å². The largest absolute Gasteiger partial charge is 0.493 e. The first-order valence-corrected chi connectivity index (χ1v) is 14.9. The minimum Gasteiger partial charge on any atom is -0.493 e. The maximum atomic E-state index is 14.3. The predicted octanol–water partition coefficient (Wildman–Crippen LogP) is 4.55. The molecule has 1 heterocycles. The highest BCUT2D eigenvalue weighted by Crippen LogP contribution is 2.46. The molecular formula is C31H36ClNO10S. The molecule has 13 heteroatoms. The lowest BCUT2D eigenvalue weighted by molar-refractivity contribution is -0.144. The number of hydrogen-bond donors (Lipinski definition) is 0. The fourth-order valence-electron chi connectivity index (χ4n) is 4.73. The van der Waals surface area contributed by atoms with Crippen LogP contribution in [0.5, 0.6) is 11.5 Å². The molecule has 3 unspecified atom stereocenters. The standard InChI is InChI=1S/C31H36ClNO10S/c1-17(34)28(30(38)41-7)44-25(36)14-24-29(37)33(15-31(3,4)16-42-18(2)35)22-12-11-19(32)13-21(22)26(43-24)20-9-8-10-23(39-5)27(20)40-6/h8-13,24,26,28H,14-16H2,1-7H3. The number of fused-ring (bicyclic) bond motifs is 1. The van der Waals surface area contributed by atoms with Crippen LogP contribution in [0.2, 0.25) is 5.02 Å². The van der Waals surface area contributed by atoms with Crippen molar-refractivity contribution in [1.82, 2.24) is 0 Å². The third-order valence-electron chi connectivity index (χ3n) is 6.76. The summed E-state index contributed by atoms with van der Waals surface area (Å²) in [6, 6.07) is 10.2. The van der Waals surface area contributed by atoms with Crippen molar-refractivity contribution in [1.29, 1.82) is 0 Å². The van der Waals surface area contributed by atoms with Crippen LogP contribution < -0.4 is 14.4 Å². The van der Waals surface area contributed by atoms with Gasteiger partial charge in [0.15, 0.2) is 27.6 Å². The summed E-state index contributed by atoms with van der Waals surface area (Å²) in [6.45, 7) is 6.23. The zero-order valence-corrected chi connectivity index (χ0v) is 27.2. The van der Waals surface area contributed by atoms with Crippen molar-refractivity contribution in [2.45, 2.75) is 51.6 Å². The molecule has 0 saturated carbocycles. The van der Waals surface area contributed by atoms with Gasteiger partial charge in [-0.3, -0.25) is 24.0 Å². The number of para-hydroxylation sites is 1. The van der Waals surface area contributed by atoms with Crippen molar-refractivity contribution in [2.24, 2.45) is 5.41 Å². The van der Waals surface area contributed by atoms with Crippen molar-refractivity contribution in [3.63, 3.8) is 0 Å². The molecule has 0 spiro atoms. The molecule has 0 aliphatic carbocycles. The van der Waals surface area contributed by atoms with Crippen molar-refractivity contribution in [3.05, 3.63) is 52.5 Å². The summed E-state index contributed by atoms with van der Waals surface area (Å²) in [5, 5.41) is -1.65. The maximum Gasteiger partial charge on any atom is 0.326 e. The number of amides is 1. The van der Waals surface area contributed by atoms with E-state index in [1.807, 2.05) is 13.8 Å². The van der Waals surface area contributed by atoms with Crippen molar-refractivity contribution < 1.29 is 47.7 Å². The summed E-state index contributed by atoms with van der Waals surface area (Å²) >= 11 is 6.94. The molecule has 0 bridgehead atoms. The molecule has 1 amide bonds. The second kappa shape index (κ2) is 14.9. The zero-order chi connectivity index (χ0) is 32.8. The SMILES string of the molecule is COC(=O)C(SC(=O)CC1OC(c2cccc(OC)c2OC)c2cc(Cl)ccc2N(CC(C)(C)COC(C)=O)C1=O)C(C)=O. The Morgan fingerprint density at radius 2 is 1.75 bits per heavy atom. The van der Waals surface area contributed by atoms with Crippen molar-refractivity contribution in [3.8, 4) is 11.5 Å². The molecule has 0 aromatic heterocycles. The van der Waals surface area contributed by atoms with E-state index in [4.69, 9.17) is 30.5 Å². The van der Waals surface area contributed by atoms with Crippen LogP contribution in [0.15, 0.2) is 36.4 Å². The van der Waals surface area contributed by atoms with Crippen LogP contribution in [0, 0.1) is 5.41 Å². The van der Waals surface area contributed by atoms with E-state index in [1.54, 1.807) is 36.4 Å². The molecule has 0 saturated heterocycles. The highest BCUT2D eigenvalue weighted by atomic mass is 35.5. The number of Topliss-reactive ketones (excluding diaryl/α,β-unsaturated/α-hetero) is 1. The normalized spacial score (nSPS) is 17.2. The summed E-state index contributed by atoms with van der Waals surface area (Å²) in [6.07, 6.45) is -2.81. The molecular weight excluding hydrogens is 614 g/mol. The smallest absolute Gasteiger partial charge is 0.326 e. The fourth-order valence-corrected chi connectivity index (χ4v) is 5.78. The van der Waals surface area contributed by atoms with Crippen LogP contribution in [0.4, 0.5) is 5.69 Å². The van der Waals surface area contributed by atoms with Crippen molar-refractivity contribution >= 4 is 57.8 Å². The highest BCUT2D eigenvalue weighted by molar-refractivity contribution is 8.15. The average molecular weight is 650 g/mol. The van der Waals surface area contributed by atoms with Crippen LogP contribution in [0.1, 0.15) is 51.3 Å². The van der Waals surface area contributed by atoms with E-state index in [0.717, 1.165) is 7.11 Å². The molecule has 11 nitrogen and oxygen atoms in total. The Morgan fingerprint density at radius 3 is 2.34 bits per heavy atom. The first kappa shape index (κ1) is 34.9. The van der Waals surface area contributed by atoms with E-state index in [0.29, 0.717) is 45.1 Å². The van der Waals surface area contributed by atoms with E-state index < -0.39 is 58.0 Å². The first-order valence-electron chi connectivity index (χ1n) is 13.6. The average Bonchev–Trinajstić information content (AvgIpc) is 3.08. The lowest BCUT2D eigenvalue weighted by Gasteiger charge is -2.33. The second-order valence-corrected chi connectivity index (χ2v) is 12.5. The summed E-state index contributed by atoms with van der Waals surface area (Å²) < 4.78 is 27.6. The Kier molecular flexibility index (Phi) is 11.8. The Bertz CT molecular complexity index is 1430. The Labute approximate surface area is 265 Å². The Balaban J connectivity index is 2.17. The van der Waals surface area contributed by atoms with E-state index in [-0.39, 0.29) is 13.2 Å². The van der Waals surface area contributed by atoms with Gasteiger partial charge in [0.2, 0.25) is 0 Å². The number of methoxy groups -OCH3 is 3. The molecule has 0 fully saturated rings. The van der Waals surface area contributed by atoms with Gasteiger partial charge in [-0.1, -0.05) is 49.3 Å². The van der Waals surface area contributed by atoms with Crippen LogP contribution in [-0.4, -0.2) is 74.6 Å². The molecule has 3 atom stereocenters. The number of ether oxygens (including phenoxy) is 5. The number of hydrogen-bond acceptors (Lipinski definition) is 11. The van der Waals surface area contributed by atoms with E-state index in [2.05, 4.69) is 4.74 Å². The molecule has 1 aliphatic heterocycles. The number of esters is 2. The predicted molar refractivity (Wildman–Crippen MR) is 164 cm³/mol. The van der Waals surface area contributed by atoms with Gasteiger partial charge in [-0.05, 0) is 31.2 Å².